The number of anilines is 1. The van der Waals surface area contributed by atoms with Crippen LogP contribution in [0.2, 0.25) is 5.02 Å². The number of nitro benzene ring substituents is 1. The lowest BCUT2D eigenvalue weighted by molar-refractivity contribution is -0.385. The lowest BCUT2D eigenvalue weighted by Gasteiger charge is -2.05. The maximum atomic E-state index is 12.0. The summed E-state index contributed by atoms with van der Waals surface area (Å²) in [6.07, 6.45) is 0. The van der Waals surface area contributed by atoms with E-state index < -0.39 is 10.8 Å². The number of carbonyl (C=O) groups is 1. The first kappa shape index (κ1) is 17.1. The number of aromatic nitrogens is 1. The highest BCUT2D eigenvalue weighted by molar-refractivity contribution is 7.22. The van der Waals surface area contributed by atoms with Crippen molar-refractivity contribution in [2.24, 2.45) is 0 Å². The second-order valence-electron chi connectivity index (χ2n) is 5.15. The third-order valence-electron chi connectivity index (χ3n) is 3.34. The molecule has 0 fully saturated rings. The van der Waals surface area contributed by atoms with Gasteiger partial charge in [-0.1, -0.05) is 35.1 Å². The van der Waals surface area contributed by atoms with Crippen LogP contribution in [0.3, 0.4) is 0 Å². The summed E-state index contributed by atoms with van der Waals surface area (Å²) in [4.78, 5) is 26.7. The lowest BCUT2D eigenvalue weighted by atomic mass is 10.2. The van der Waals surface area contributed by atoms with Crippen molar-refractivity contribution >= 4 is 49.9 Å². The van der Waals surface area contributed by atoms with Gasteiger partial charge in [0.25, 0.3) is 5.91 Å². The van der Waals surface area contributed by atoms with Crippen molar-refractivity contribution in [3.8, 4) is 5.75 Å². The number of nitro groups is 1. The largest absolute Gasteiger partial charge is 0.477 e. The number of hydrogen-bond donors (Lipinski definition) is 1. The van der Waals surface area contributed by atoms with Crippen molar-refractivity contribution in [3.05, 3.63) is 57.1 Å². The topological polar surface area (TPSA) is 94.4 Å². The molecule has 0 spiro atoms. The molecule has 1 heterocycles. The van der Waals surface area contributed by atoms with Crippen LogP contribution in [0, 0.1) is 17.0 Å². The van der Waals surface area contributed by atoms with Gasteiger partial charge in [-0.25, -0.2) is 4.98 Å². The average Bonchev–Trinajstić information content (AvgIpc) is 2.94. The minimum Gasteiger partial charge on any atom is -0.477 e. The molecule has 0 saturated carbocycles. The Bertz CT molecular complexity index is 934. The number of rotatable bonds is 5. The van der Waals surface area contributed by atoms with Gasteiger partial charge in [0.1, 0.15) is 0 Å². The van der Waals surface area contributed by atoms with E-state index >= 15 is 0 Å². The Morgan fingerprint density at radius 1 is 1.40 bits per heavy atom. The third-order valence-corrected chi connectivity index (χ3v) is 4.68. The van der Waals surface area contributed by atoms with Crippen molar-refractivity contribution in [1.29, 1.82) is 0 Å². The second kappa shape index (κ2) is 7.04. The Balaban J connectivity index is 1.68. The fourth-order valence-electron chi connectivity index (χ4n) is 2.13. The predicted molar refractivity (Wildman–Crippen MR) is 96.6 cm³/mol. The molecule has 0 radical (unpaired) electrons. The van der Waals surface area contributed by atoms with Gasteiger partial charge in [-0.3, -0.25) is 20.2 Å². The van der Waals surface area contributed by atoms with Crippen LogP contribution in [0.15, 0.2) is 36.4 Å². The van der Waals surface area contributed by atoms with Gasteiger partial charge in [0.2, 0.25) is 0 Å². The maximum Gasteiger partial charge on any atom is 0.310 e. The summed E-state index contributed by atoms with van der Waals surface area (Å²) in [5, 5.41) is 14.6. The van der Waals surface area contributed by atoms with E-state index in [9.17, 15) is 14.9 Å². The number of thiazole rings is 1. The Hall–Kier alpha value is -2.71. The van der Waals surface area contributed by atoms with E-state index in [1.54, 1.807) is 12.1 Å². The molecule has 2 aromatic carbocycles. The number of nitrogens with zero attached hydrogens (tertiary/aromatic N) is 2. The Kier molecular flexibility index (Phi) is 4.82. The van der Waals surface area contributed by atoms with Gasteiger partial charge in [-0.2, -0.15) is 0 Å². The van der Waals surface area contributed by atoms with E-state index in [1.807, 2.05) is 13.0 Å². The molecular formula is C16H12ClN3O4S. The van der Waals surface area contributed by atoms with Gasteiger partial charge in [0, 0.05) is 11.1 Å². The molecule has 0 aliphatic carbocycles. The van der Waals surface area contributed by atoms with Crippen LogP contribution in [0.25, 0.3) is 10.2 Å². The Morgan fingerprint density at radius 2 is 2.16 bits per heavy atom. The number of nitrogens with one attached hydrogen (secondary N) is 1. The van der Waals surface area contributed by atoms with Crippen LogP contribution in [-0.4, -0.2) is 22.4 Å². The fourth-order valence-corrected chi connectivity index (χ4v) is 3.25. The van der Waals surface area contributed by atoms with Gasteiger partial charge >= 0.3 is 5.69 Å². The minimum atomic E-state index is -0.563. The van der Waals surface area contributed by atoms with E-state index in [0.29, 0.717) is 15.7 Å². The molecule has 0 aliphatic heterocycles. The second-order valence-corrected chi connectivity index (χ2v) is 6.59. The molecule has 1 N–H and O–H groups in total. The van der Waals surface area contributed by atoms with Crippen molar-refractivity contribution < 1.29 is 14.5 Å². The number of halogens is 1. The first-order valence-corrected chi connectivity index (χ1v) is 8.36. The fraction of sp³-hybridized carbons (Fsp3) is 0.125. The molecule has 1 aromatic heterocycles. The zero-order valence-electron chi connectivity index (χ0n) is 13.0. The quantitative estimate of drug-likeness (QED) is 0.531. The van der Waals surface area contributed by atoms with Gasteiger partial charge in [-0.05, 0) is 30.7 Å². The van der Waals surface area contributed by atoms with Crippen molar-refractivity contribution in [2.45, 2.75) is 6.92 Å². The molecule has 3 aromatic rings. The van der Waals surface area contributed by atoms with Gasteiger partial charge in [0.15, 0.2) is 17.5 Å². The van der Waals surface area contributed by atoms with Crippen LogP contribution >= 0.6 is 22.9 Å². The van der Waals surface area contributed by atoms with E-state index in [4.69, 9.17) is 16.3 Å². The van der Waals surface area contributed by atoms with Gasteiger partial charge in [-0.15, -0.1) is 0 Å². The highest BCUT2D eigenvalue weighted by atomic mass is 35.5. The maximum absolute atomic E-state index is 12.0. The van der Waals surface area contributed by atoms with Crippen molar-refractivity contribution in [3.63, 3.8) is 0 Å². The summed E-state index contributed by atoms with van der Waals surface area (Å²) in [5.41, 5.74) is 1.42. The number of aryl methyl sites for hydroxylation is 1. The molecule has 0 unspecified atom stereocenters. The Labute approximate surface area is 151 Å². The number of amides is 1. The van der Waals surface area contributed by atoms with Crippen LogP contribution < -0.4 is 10.1 Å². The summed E-state index contributed by atoms with van der Waals surface area (Å²) in [7, 11) is 0. The van der Waals surface area contributed by atoms with Gasteiger partial charge < -0.3 is 4.74 Å². The van der Waals surface area contributed by atoms with E-state index in [1.165, 1.54) is 29.5 Å². The normalized spacial score (nSPS) is 10.6. The smallest absolute Gasteiger partial charge is 0.310 e. The van der Waals surface area contributed by atoms with Crippen LogP contribution in [0.1, 0.15) is 5.56 Å². The standard InChI is InChI=1S/C16H12ClN3O4S/c1-9-6-14-11(7-10(9)17)18-16(25-14)19-15(21)8-24-13-5-3-2-4-12(13)20(22)23/h2-7H,8H2,1H3,(H,18,19,21). The molecule has 3 rings (SSSR count). The number of hydrogen-bond acceptors (Lipinski definition) is 6. The van der Waals surface area contributed by atoms with E-state index in [2.05, 4.69) is 10.3 Å². The first-order valence-electron chi connectivity index (χ1n) is 7.17. The molecular weight excluding hydrogens is 366 g/mol. The molecule has 9 heteroatoms. The van der Waals surface area contributed by atoms with Crippen LogP contribution in [0.5, 0.6) is 5.75 Å². The lowest BCUT2D eigenvalue weighted by Crippen LogP contribution is -2.20. The number of carbonyl (C=O) groups excluding carboxylic acids is 1. The summed E-state index contributed by atoms with van der Waals surface area (Å²) in [6.45, 7) is 1.53. The molecule has 0 bridgehead atoms. The molecule has 25 heavy (non-hydrogen) atoms. The molecule has 128 valence electrons. The minimum absolute atomic E-state index is 0.0364. The Morgan fingerprint density at radius 3 is 2.92 bits per heavy atom. The molecule has 0 aliphatic rings. The molecule has 0 saturated heterocycles. The SMILES string of the molecule is Cc1cc2sc(NC(=O)COc3ccccc3[N+](=O)[O-])nc2cc1Cl. The number of fused-ring (bicyclic) bond motifs is 1. The zero-order chi connectivity index (χ0) is 18.0. The average molecular weight is 378 g/mol. The summed E-state index contributed by atoms with van der Waals surface area (Å²) in [6, 6.07) is 9.51. The monoisotopic (exact) mass is 377 g/mol. The number of ether oxygens (including phenoxy) is 1. The van der Waals surface area contributed by atoms with Crippen molar-refractivity contribution in [1.82, 2.24) is 4.98 Å². The van der Waals surface area contributed by atoms with Crippen LogP contribution in [0.4, 0.5) is 10.8 Å². The summed E-state index contributed by atoms with van der Waals surface area (Å²) >= 11 is 7.38. The number of benzene rings is 2. The third kappa shape index (κ3) is 3.86. The predicted octanol–water partition coefficient (Wildman–Crippen LogP) is 4.18. The highest BCUT2D eigenvalue weighted by Crippen LogP contribution is 2.30. The zero-order valence-corrected chi connectivity index (χ0v) is 14.6. The molecule has 7 nitrogen and oxygen atoms in total. The van der Waals surface area contributed by atoms with E-state index in [-0.39, 0.29) is 18.0 Å². The molecule has 1 amide bonds. The molecule has 0 atom stereocenters. The highest BCUT2D eigenvalue weighted by Gasteiger charge is 2.16. The van der Waals surface area contributed by atoms with Crippen LogP contribution in [-0.2, 0) is 4.79 Å². The summed E-state index contributed by atoms with van der Waals surface area (Å²) < 4.78 is 6.15. The number of para-hydroxylation sites is 2. The van der Waals surface area contributed by atoms with Gasteiger partial charge in [0.05, 0.1) is 15.1 Å². The summed E-state index contributed by atoms with van der Waals surface area (Å²) in [5.74, 6) is -0.422. The first-order chi connectivity index (χ1) is 11.9. The van der Waals surface area contributed by atoms with E-state index in [0.717, 1.165) is 10.3 Å². The van der Waals surface area contributed by atoms with Crippen molar-refractivity contribution in [2.75, 3.05) is 11.9 Å².